The third-order valence-corrected chi connectivity index (χ3v) is 8.88. The van der Waals surface area contributed by atoms with Gasteiger partial charge in [-0.25, -0.2) is 0 Å². The zero-order valence-electron chi connectivity index (χ0n) is 21.6. The van der Waals surface area contributed by atoms with Crippen LogP contribution in [0.1, 0.15) is 57.8 Å². The molecule has 1 aliphatic heterocycles. The Hall–Kier alpha value is -2.59. The lowest BCUT2D eigenvalue weighted by Crippen LogP contribution is -2.42. The first-order valence-electron chi connectivity index (χ1n) is 13.1. The molecule has 3 aromatic rings. The average molecular weight is 534 g/mol. The third-order valence-electron chi connectivity index (χ3n) is 8.14. The third kappa shape index (κ3) is 5.65. The number of rotatable bonds is 7. The lowest BCUT2D eigenvalue weighted by Gasteiger charge is -2.40. The van der Waals surface area contributed by atoms with Gasteiger partial charge in [0.15, 0.2) is 0 Å². The van der Waals surface area contributed by atoms with Crippen LogP contribution < -0.4 is 0 Å². The minimum atomic E-state index is 0.0420. The summed E-state index contributed by atoms with van der Waals surface area (Å²) in [4.78, 5) is 17.6. The Labute approximate surface area is 230 Å². The molecule has 3 nitrogen and oxygen atoms in total. The van der Waals surface area contributed by atoms with Crippen LogP contribution in [0.15, 0.2) is 72.8 Å². The van der Waals surface area contributed by atoms with Crippen molar-refractivity contribution in [2.24, 2.45) is 0 Å². The normalized spacial score (nSPS) is 17.1. The summed E-state index contributed by atoms with van der Waals surface area (Å²) in [6.07, 6.45) is 7.96. The fourth-order valence-electron chi connectivity index (χ4n) is 5.93. The van der Waals surface area contributed by atoms with Crippen molar-refractivity contribution < 1.29 is 4.79 Å². The van der Waals surface area contributed by atoms with Crippen LogP contribution >= 0.6 is 23.2 Å². The molecule has 0 unspecified atom stereocenters. The van der Waals surface area contributed by atoms with Crippen LogP contribution in [0.3, 0.4) is 0 Å². The maximum Gasteiger partial charge on any atom is 0.253 e. The molecule has 1 amide bonds. The van der Waals surface area contributed by atoms with Crippen LogP contribution in [0.5, 0.6) is 0 Å². The molecule has 1 saturated heterocycles. The first-order chi connectivity index (χ1) is 17.8. The van der Waals surface area contributed by atoms with E-state index < -0.39 is 0 Å². The van der Waals surface area contributed by atoms with Crippen molar-refractivity contribution in [1.29, 1.82) is 0 Å². The van der Waals surface area contributed by atoms with Gasteiger partial charge in [0.25, 0.3) is 5.91 Å². The summed E-state index contributed by atoms with van der Waals surface area (Å²) in [6.45, 7) is 5.77. The topological polar surface area (TPSA) is 23.6 Å². The van der Waals surface area contributed by atoms with E-state index in [4.69, 9.17) is 23.2 Å². The van der Waals surface area contributed by atoms with Crippen LogP contribution in [0.25, 0.3) is 6.08 Å². The molecule has 1 spiro atoms. The number of aryl methyl sites for hydroxylation is 1. The number of fused-ring (bicyclic) bond motifs is 2. The van der Waals surface area contributed by atoms with E-state index in [1.54, 1.807) is 0 Å². The maximum absolute atomic E-state index is 13.2. The Morgan fingerprint density at radius 3 is 2.54 bits per heavy atom. The summed E-state index contributed by atoms with van der Waals surface area (Å²) in [5.41, 5.74) is 5.98. The first kappa shape index (κ1) is 26.0. The minimum absolute atomic E-state index is 0.0420. The summed E-state index contributed by atoms with van der Waals surface area (Å²) in [5.74, 6) is 0.205. The van der Waals surface area contributed by atoms with Gasteiger partial charge >= 0.3 is 0 Å². The van der Waals surface area contributed by atoms with Gasteiger partial charge in [-0.2, -0.15) is 0 Å². The van der Waals surface area contributed by atoms with Gasteiger partial charge in [-0.3, -0.25) is 4.79 Å². The molecule has 0 aromatic heterocycles. The van der Waals surface area contributed by atoms with Gasteiger partial charge < -0.3 is 9.80 Å². The molecule has 0 saturated carbocycles. The molecular formula is C32H34Cl2N2O. The highest BCUT2D eigenvalue weighted by Crippen LogP contribution is 2.43. The highest BCUT2D eigenvalue weighted by molar-refractivity contribution is 6.42. The molecule has 0 radical (unpaired) electrons. The lowest BCUT2D eigenvalue weighted by molar-refractivity contribution is 0.0781. The first-order valence-corrected chi connectivity index (χ1v) is 13.9. The quantitative estimate of drug-likeness (QED) is 0.312. The fourth-order valence-corrected chi connectivity index (χ4v) is 6.23. The number of likely N-dealkylation sites (tertiary alicyclic amines) is 1. The van der Waals surface area contributed by atoms with Crippen LogP contribution in [-0.2, 0) is 5.41 Å². The zero-order chi connectivity index (χ0) is 26.0. The van der Waals surface area contributed by atoms with Gasteiger partial charge in [0.1, 0.15) is 0 Å². The summed E-state index contributed by atoms with van der Waals surface area (Å²) in [6, 6.07) is 22.5. The molecule has 37 heavy (non-hydrogen) atoms. The molecule has 0 N–H and O–H groups in total. The molecule has 192 valence electrons. The summed E-state index contributed by atoms with van der Waals surface area (Å²) in [7, 11) is 1.89. The molecule has 3 aromatic carbocycles. The zero-order valence-corrected chi connectivity index (χ0v) is 23.1. The predicted octanol–water partition coefficient (Wildman–Crippen LogP) is 7.61. The van der Waals surface area contributed by atoms with Gasteiger partial charge in [0.05, 0.1) is 10.0 Å². The number of hydrogen-bond donors (Lipinski definition) is 0. The second-order valence-corrected chi connectivity index (χ2v) is 11.4. The highest BCUT2D eigenvalue weighted by atomic mass is 35.5. The summed E-state index contributed by atoms with van der Waals surface area (Å²) >= 11 is 12.6. The maximum atomic E-state index is 13.2. The van der Waals surface area contributed by atoms with Crippen LogP contribution in [-0.4, -0.2) is 48.9 Å². The van der Waals surface area contributed by atoms with E-state index in [1.165, 1.54) is 11.1 Å². The largest absolute Gasteiger partial charge is 0.341 e. The summed E-state index contributed by atoms with van der Waals surface area (Å²) in [5, 5.41) is 1.11. The van der Waals surface area contributed by atoms with Crippen LogP contribution in [0.2, 0.25) is 10.0 Å². The van der Waals surface area contributed by atoms with Crippen molar-refractivity contribution in [2.45, 2.75) is 37.5 Å². The molecule has 0 bridgehead atoms. The van der Waals surface area contributed by atoms with Crippen molar-refractivity contribution in [3.05, 3.63) is 111 Å². The number of piperidine rings is 1. The van der Waals surface area contributed by atoms with Gasteiger partial charge in [-0.1, -0.05) is 83.4 Å². The average Bonchev–Trinajstić information content (AvgIpc) is 3.26. The number of halogens is 2. The van der Waals surface area contributed by atoms with Gasteiger partial charge in [0.2, 0.25) is 0 Å². The fraction of sp³-hybridized carbons (Fsp3) is 0.344. The van der Waals surface area contributed by atoms with E-state index >= 15 is 0 Å². The van der Waals surface area contributed by atoms with Crippen molar-refractivity contribution >= 4 is 35.2 Å². The molecular weight excluding hydrogens is 499 g/mol. The van der Waals surface area contributed by atoms with Crippen molar-refractivity contribution in [3.8, 4) is 0 Å². The van der Waals surface area contributed by atoms with E-state index in [0.717, 1.165) is 55.6 Å². The van der Waals surface area contributed by atoms with Crippen LogP contribution in [0.4, 0.5) is 0 Å². The Kier molecular flexibility index (Phi) is 7.76. The smallest absolute Gasteiger partial charge is 0.253 e. The van der Waals surface area contributed by atoms with Crippen LogP contribution in [0, 0.1) is 6.92 Å². The second-order valence-electron chi connectivity index (χ2n) is 10.6. The lowest BCUT2D eigenvalue weighted by atomic mass is 9.74. The summed E-state index contributed by atoms with van der Waals surface area (Å²) < 4.78 is 0. The van der Waals surface area contributed by atoms with E-state index in [2.05, 4.69) is 47.4 Å². The second kappa shape index (κ2) is 11.0. The number of carbonyl (C=O) groups excluding carboxylic acids is 1. The number of amides is 1. The molecule has 5 heteroatoms. The van der Waals surface area contributed by atoms with E-state index in [9.17, 15) is 4.79 Å². The number of likely N-dealkylation sites (N-methyl/N-ethyl adjacent to an activating group) is 1. The number of allylic oxidation sites excluding steroid dienone is 1. The Balaban J connectivity index is 1.26. The monoisotopic (exact) mass is 532 g/mol. The van der Waals surface area contributed by atoms with Crippen molar-refractivity contribution in [3.63, 3.8) is 0 Å². The highest BCUT2D eigenvalue weighted by Gasteiger charge is 2.37. The molecule has 1 atom stereocenters. The van der Waals surface area contributed by atoms with E-state index in [0.29, 0.717) is 16.6 Å². The van der Waals surface area contributed by atoms with E-state index in [-0.39, 0.29) is 17.2 Å². The number of nitrogens with zero attached hydrogens (tertiary/aromatic N) is 2. The predicted molar refractivity (Wildman–Crippen MR) is 155 cm³/mol. The molecule has 5 rings (SSSR count). The van der Waals surface area contributed by atoms with E-state index in [1.807, 2.05) is 55.3 Å². The number of hydrogen-bond acceptors (Lipinski definition) is 2. The van der Waals surface area contributed by atoms with Crippen molar-refractivity contribution in [1.82, 2.24) is 9.80 Å². The Morgan fingerprint density at radius 2 is 1.78 bits per heavy atom. The minimum Gasteiger partial charge on any atom is -0.341 e. The molecule has 1 heterocycles. The number of carbonyl (C=O) groups is 1. The number of benzene rings is 3. The molecule has 1 fully saturated rings. The SMILES string of the molecule is Cc1cccc(C(=O)N(C)C[C@@H](CCN2CCC3(C=Cc4ccccc43)CC2)c2ccc(Cl)c(Cl)c2)c1. The molecule has 2 aliphatic rings. The Morgan fingerprint density at radius 1 is 1.00 bits per heavy atom. The van der Waals surface area contributed by atoms with Gasteiger partial charge in [-0.15, -0.1) is 0 Å². The van der Waals surface area contributed by atoms with Crippen molar-refractivity contribution in [2.75, 3.05) is 33.2 Å². The molecule has 1 aliphatic carbocycles. The standard InChI is InChI=1S/C32H34Cl2N2O/c1-23-6-5-8-26(20-23)31(37)35(2)22-27(25-10-11-29(33)30(34)21-25)13-17-36-18-15-32(16-19-36)14-12-24-7-3-4-9-28(24)32/h3-12,14,20-21,27H,13,15-19,22H2,1-2H3/t27-/m1/s1. The van der Waals surface area contributed by atoms with Gasteiger partial charge in [0, 0.05) is 30.5 Å². The van der Waals surface area contributed by atoms with Gasteiger partial charge in [-0.05, 0) is 86.8 Å². The Bertz CT molecular complexity index is 1310.